The van der Waals surface area contributed by atoms with Gasteiger partial charge >= 0.3 is 0 Å². The predicted molar refractivity (Wildman–Crippen MR) is 103 cm³/mol. The van der Waals surface area contributed by atoms with Gasteiger partial charge in [0.05, 0.1) is 6.10 Å². The molecule has 0 saturated heterocycles. The van der Waals surface area contributed by atoms with Crippen LogP contribution in [0.4, 0.5) is 0 Å². The van der Waals surface area contributed by atoms with E-state index < -0.39 is 0 Å². The molecule has 0 unspecified atom stereocenters. The first kappa shape index (κ1) is 20.3. The van der Waals surface area contributed by atoms with Crippen LogP contribution >= 0.6 is 0 Å². The van der Waals surface area contributed by atoms with Crippen molar-refractivity contribution in [3.05, 3.63) is 29.3 Å². The largest absolute Gasteiger partial charge is 0.491 e. The molecule has 136 valence electrons. The first-order chi connectivity index (χ1) is 11.3. The Bertz CT molecular complexity index is 526. The molecule has 0 aliphatic carbocycles. The topological polar surface area (TPSA) is 48.9 Å². The summed E-state index contributed by atoms with van der Waals surface area (Å²) in [6, 6.07) is 6.85. The van der Waals surface area contributed by atoms with E-state index in [9.17, 15) is 0 Å². The number of hydrogen-bond acceptors (Lipinski definition) is 3. The molecule has 0 heterocycles. The number of nitrogens with zero attached hydrogens (tertiary/aromatic N) is 2. The van der Waals surface area contributed by atoms with Gasteiger partial charge in [0.1, 0.15) is 5.75 Å². The highest BCUT2D eigenvalue weighted by atomic mass is 16.5. The third-order valence-corrected chi connectivity index (χ3v) is 3.89. The Kier molecular flexibility index (Phi) is 8.61. The first-order valence-corrected chi connectivity index (χ1v) is 8.74. The minimum Gasteiger partial charge on any atom is -0.491 e. The zero-order chi connectivity index (χ0) is 18.1. The van der Waals surface area contributed by atoms with Crippen molar-refractivity contribution in [1.82, 2.24) is 15.5 Å². The van der Waals surface area contributed by atoms with Crippen LogP contribution in [0.15, 0.2) is 23.2 Å². The zero-order valence-corrected chi connectivity index (χ0v) is 16.3. The number of guanidine groups is 1. The zero-order valence-electron chi connectivity index (χ0n) is 16.3. The summed E-state index contributed by atoms with van der Waals surface area (Å²) in [6.45, 7) is 13.1. The van der Waals surface area contributed by atoms with Crippen molar-refractivity contribution in [3.63, 3.8) is 0 Å². The van der Waals surface area contributed by atoms with E-state index in [0.717, 1.165) is 30.4 Å². The standard InChI is InChI=1S/C19H34N4O/c1-14(2)23(7)11-10-21-19(20-6)22-13-17-9-8-16(5)12-18(17)24-15(3)4/h8-9,12,14-15H,10-11,13H2,1-7H3,(H2,20,21,22). The van der Waals surface area contributed by atoms with Crippen LogP contribution in [0.5, 0.6) is 5.75 Å². The monoisotopic (exact) mass is 334 g/mol. The van der Waals surface area contributed by atoms with Crippen molar-refractivity contribution in [2.45, 2.75) is 53.3 Å². The fourth-order valence-corrected chi connectivity index (χ4v) is 2.18. The van der Waals surface area contributed by atoms with Crippen molar-refractivity contribution >= 4 is 5.96 Å². The van der Waals surface area contributed by atoms with E-state index in [-0.39, 0.29) is 6.10 Å². The van der Waals surface area contributed by atoms with E-state index in [1.54, 1.807) is 7.05 Å². The molecule has 1 aromatic carbocycles. The second kappa shape index (κ2) is 10.2. The van der Waals surface area contributed by atoms with Gasteiger partial charge in [0, 0.05) is 38.3 Å². The summed E-state index contributed by atoms with van der Waals surface area (Å²) in [5.41, 5.74) is 2.34. The average molecular weight is 335 g/mol. The quantitative estimate of drug-likeness (QED) is 0.567. The number of hydrogen-bond donors (Lipinski definition) is 2. The van der Waals surface area contributed by atoms with Gasteiger partial charge in [0.2, 0.25) is 0 Å². The number of benzene rings is 1. The van der Waals surface area contributed by atoms with E-state index >= 15 is 0 Å². The van der Waals surface area contributed by atoms with Crippen LogP contribution in [0.25, 0.3) is 0 Å². The third kappa shape index (κ3) is 7.21. The van der Waals surface area contributed by atoms with Crippen LogP contribution in [0.3, 0.4) is 0 Å². The molecular weight excluding hydrogens is 300 g/mol. The average Bonchev–Trinajstić information content (AvgIpc) is 2.51. The van der Waals surface area contributed by atoms with E-state index in [1.807, 2.05) is 13.8 Å². The summed E-state index contributed by atoms with van der Waals surface area (Å²) >= 11 is 0. The van der Waals surface area contributed by atoms with Crippen LogP contribution in [-0.2, 0) is 6.54 Å². The normalized spacial score (nSPS) is 12.2. The Morgan fingerprint density at radius 2 is 1.92 bits per heavy atom. The van der Waals surface area contributed by atoms with Crippen molar-refractivity contribution in [2.75, 3.05) is 27.2 Å². The molecule has 1 rings (SSSR count). The highest BCUT2D eigenvalue weighted by Crippen LogP contribution is 2.21. The van der Waals surface area contributed by atoms with E-state index in [0.29, 0.717) is 12.6 Å². The van der Waals surface area contributed by atoms with Gasteiger partial charge in [-0.15, -0.1) is 0 Å². The molecule has 0 aliphatic heterocycles. The summed E-state index contributed by atoms with van der Waals surface area (Å²) in [4.78, 5) is 6.59. The fraction of sp³-hybridized carbons (Fsp3) is 0.632. The summed E-state index contributed by atoms with van der Waals surface area (Å²) in [6.07, 6.45) is 0.162. The molecule has 1 aromatic rings. The van der Waals surface area contributed by atoms with Gasteiger partial charge in [-0.05, 0) is 53.3 Å². The summed E-state index contributed by atoms with van der Waals surface area (Å²) in [5, 5.41) is 6.72. The molecule has 2 N–H and O–H groups in total. The lowest BCUT2D eigenvalue weighted by Crippen LogP contribution is -2.41. The Balaban J connectivity index is 2.57. The van der Waals surface area contributed by atoms with Crippen LogP contribution < -0.4 is 15.4 Å². The van der Waals surface area contributed by atoms with Gasteiger partial charge in [-0.2, -0.15) is 0 Å². The maximum absolute atomic E-state index is 5.92. The van der Waals surface area contributed by atoms with Gasteiger partial charge < -0.3 is 20.3 Å². The van der Waals surface area contributed by atoms with Crippen molar-refractivity contribution < 1.29 is 4.74 Å². The molecule has 0 saturated carbocycles. The lowest BCUT2D eigenvalue weighted by molar-refractivity contribution is 0.239. The van der Waals surface area contributed by atoms with Crippen LogP contribution in [-0.4, -0.2) is 50.2 Å². The second-order valence-electron chi connectivity index (χ2n) is 6.70. The lowest BCUT2D eigenvalue weighted by atomic mass is 10.1. The summed E-state index contributed by atoms with van der Waals surface area (Å²) in [5.74, 6) is 1.75. The molecule has 0 fully saturated rings. The number of aryl methyl sites for hydroxylation is 1. The van der Waals surface area contributed by atoms with E-state index in [4.69, 9.17) is 4.74 Å². The lowest BCUT2D eigenvalue weighted by Gasteiger charge is -2.22. The number of rotatable bonds is 8. The molecular formula is C19H34N4O. The Labute approximate surface area is 147 Å². The third-order valence-electron chi connectivity index (χ3n) is 3.89. The molecule has 24 heavy (non-hydrogen) atoms. The maximum Gasteiger partial charge on any atom is 0.191 e. The number of likely N-dealkylation sites (N-methyl/N-ethyl adjacent to an activating group) is 1. The minimum atomic E-state index is 0.162. The molecule has 5 heteroatoms. The van der Waals surface area contributed by atoms with Gasteiger partial charge in [-0.3, -0.25) is 4.99 Å². The predicted octanol–water partition coefficient (Wildman–Crippen LogP) is 2.79. The summed E-state index contributed by atoms with van der Waals surface area (Å²) < 4.78 is 5.92. The van der Waals surface area contributed by atoms with Crippen LogP contribution in [0.1, 0.15) is 38.8 Å². The number of ether oxygens (including phenoxy) is 1. The highest BCUT2D eigenvalue weighted by molar-refractivity contribution is 5.79. The molecule has 0 aliphatic rings. The molecule has 0 amide bonds. The second-order valence-corrected chi connectivity index (χ2v) is 6.70. The molecule has 0 atom stereocenters. The maximum atomic E-state index is 5.92. The Hall–Kier alpha value is -1.75. The van der Waals surface area contributed by atoms with Crippen molar-refractivity contribution in [1.29, 1.82) is 0 Å². The van der Waals surface area contributed by atoms with Crippen molar-refractivity contribution in [2.24, 2.45) is 4.99 Å². The van der Waals surface area contributed by atoms with Gasteiger partial charge in [-0.25, -0.2) is 0 Å². The number of aliphatic imine (C=N–C) groups is 1. The molecule has 0 radical (unpaired) electrons. The van der Waals surface area contributed by atoms with Crippen LogP contribution in [0.2, 0.25) is 0 Å². The highest BCUT2D eigenvalue weighted by Gasteiger charge is 2.08. The fourth-order valence-electron chi connectivity index (χ4n) is 2.18. The van der Waals surface area contributed by atoms with Gasteiger partial charge in [0.15, 0.2) is 5.96 Å². The Morgan fingerprint density at radius 3 is 2.50 bits per heavy atom. The minimum absolute atomic E-state index is 0.162. The molecule has 0 aromatic heterocycles. The molecule has 0 bridgehead atoms. The van der Waals surface area contributed by atoms with Gasteiger partial charge in [0.25, 0.3) is 0 Å². The van der Waals surface area contributed by atoms with E-state index in [1.165, 1.54) is 5.56 Å². The molecule has 5 nitrogen and oxygen atoms in total. The molecule has 0 spiro atoms. The SMILES string of the molecule is CN=C(NCCN(C)C(C)C)NCc1ccc(C)cc1OC(C)C. The smallest absolute Gasteiger partial charge is 0.191 e. The number of nitrogens with one attached hydrogen (secondary N) is 2. The first-order valence-electron chi connectivity index (χ1n) is 8.74. The van der Waals surface area contributed by atoms with Gasteiger partial charge in [-0.1, -0.05) is 12.1 Å². The summed E-state index contributed by atoms with van der Waals surface area (Å²) in [7, 11) is 3.92. The van der Waals surface area contributed by atoms with Crippen molar-refractivity contribution in [3.8, 4) is 5.75 Å². The Morgan fingerprint density at radius 1 is 1.21 bits per heavy atom. The van der Waals surface area contributed by atoms with Crippen LogP contribution in [0, 0.1) is 6.92 Å². The van der Waals surface area contributed by atoms with E-state index in [2.05, 4.69) is 66.5 Å².